The normalized spacial score (nSPS) is 10.6. The number of amides is 2. The fraction of sp³-hybridized carbons (Fsp3) is 0.0667. The summed E-state index contributed by atoms with van der Waals surface area (Å²) in [6.45, 7) is 0.356. The quantitative estimate of drug-likeness (QED) is 0.509. The Labute approximate surface area is 129 Å². The van der Waals surface area contributed by atoms with Crippen molar-refractivity contribution in [2.75, 3.05) is 0 Å². The average molecular weight is 316 g/mol. The van der Waals surface area contributed by atoms with E-state index in [1.165, 1.54) is 17.6 Å². The molecule has 0 atom stereocenters. The van der Waals surface area contributed by atoms with Crippen LogP contribution in [0.5, 0.6) is 0 Å². The lowest BCUT2D eigenvalue weighted by molar-refractivity contribution is 0.0711. The molecule has 0 fully saturated rings. The summed E-state index contributed by atoms with van der Waals surface area (Å²) >= 11 is 1.27. The molecule has 0 unspecified atom stereocenters. The molecule has 112 valence electrons. The Morgan fingerprint density at radius 2 is 2.05 bits per heavy atom. The Bertz CT molecular complexity index is 823. The Morgan fingerprint density at radius 1 is 1.18 bits per heavy atom. The molecule has 0 saturated carbocycles. The highest BCUT2D eigenvalue weighted by Gasteiger charge is 2.11. The van der Waals surface area contributed by atoms with Gasteiger partial charge in [0, 0.05) is 11.2 Å². The van der Waals surface area contributed by atoms with E-state index >= 15 is 0 Å². The van der Waals surface area contributed by atoms with Crippen LogP contribution in [0, 0.1) is 0 Å². The van der Waals surface area contributed by atoms with Crippen molar-refractivity contribution in [3.63, 3.8) is 0 Å². The van der Waals surface area contributed by atoms with Crippen LogP contribution in [0.1, 0.15) is 25.8 Å². The summed E-state index contributed by atoms with van der Waals surface area (Å²) in [5, 5.41) is 12.3. The minimum atomic E-state index is -0.533. The molecule has 0 spiro atoms. The van der Waals surface area contributed by atoms with Gasteiger partial charge in [-0.3, -0.25) is 14.8 Å². The highest BCUT2D eigenvalue weighted by Crippen LogP contribution is 2.26. The number of hydroxylamine groups is 1. The third-order valence-corrected chi connectivity index (χ3v) is 4.20. The van der Waals surface area contributed by atoms with E-state index in [0.717, 1.165) is 15.6 Å². The minimum Gasteiger partial charge on any atom is -0.459 e. The number of fused-ring (bicyclic) bond motifs is 1. The second kappa shape index (κ2) is 6.00. The molecular weight excluding hydrogens is 304 g/mol. The second-order valence-electron chi connectivity index (χ2n) is 4.58. The molecule has 7 heteroatoms. The van der Waals surface area contributed by atoms with Gasteiger partial charge in [0.25, 0.3) is 11.8 Å². The van der Waals surface area contributed by atoms with Gasteiger partial charge in [-0.1, -0.05) is 12.1 Å². The van der Waals surface area contributed by atoms with E-state index in [-0.39, 0.29) is 11.7 Å². The van der Waals surface area contributed by atoms with Crippen LogP contribution in [0.25, 0.3) is 10.1 Å². The SMILES string of the molecule is O=C(NCc1ccc2cc(C(=O)NO)sc2c1)c1ccco1. The van der Waals surface area contributed by atoms with Gasteiger partial charge in [0.15, 0.2) is 5.76 Å². The summed E-state index contributed by atoms with van der Waals surface area (Å²) in [5.41, 5.74) is 2.52. The van der Waals surface area contributed by atoms with Crippen LogP contribution in [0.4, 0.5) is 0 Å². The van der Waals surface area contributed by atoms with E-state index in [1.54, 1.807) is 23.7 Å². The maximum atomic E-state index is 11.8. The molecule has 3 rings (SSSR count). The van der Waals surface area contributed by atoms with Crippen molar-refractivity contribution in [1.29, 1.82) is 0 Å². The molecule has 0 aliphatic rings. The molecular formula is C15H12N2O4S. The maximum Gasteiger partial charge on any atom is 0.287 e. The van der Waals surface area contributed by atoms with Crippen LogP contribution in [-0.4, -0.2) is 17.0 Å². The van der Waals surface area contributed by atoms with Gasteiger partial charge in [-0.25, -0.2) is 5.48 Å². The van der Waals surface area contributed by atoms with E-state index in [2.05, 4.69) is 5.32 Å². The predicted molar refractivity (Wildman–Crippen MR) is 81.0 cm³/mol. The number of carbonyl (C=O) groups is 2. The van der Waals surface area contributed by atoms with Crippen molar-refractivity contribution in [3.05, 3.63) is 58.9 Å². The van der Waals surface area contributed by atoms with Crippen LogP contribution in [0.3, 0.4) is 0 Å². The number of furan rings is 1. The molecule has 0 saturated heterocycles. The number of hydrogen-bond donors (Lipinski definition) is 3. The second-order valence-corrected chi connectivity index (χ2v) is 5.67. The molecule has 2 aromatic heterocycles. The lowest BCUT2D eigenvalue weighted by Crippen LogP contribution is -2.22. The van der Waals surface area contributed by atoms with E-state index < -0.39 is 5.91 Å². The molecule has 22 heavy (non-hydrogen) atoms. The fourth-order valence-electron chi connectivity index (χ4n) is 2.03. The van der Waals surface area contributed by atoms with Gasteiger partial charge < -0.3 is 9.73 Å². The summed E-state index contributed by atoms with van der Waals surface area (Å²) in [7, 11) is 0. The summed E-state index contributed by atoms with van der Waals surface area (Å²) in [6, 6.07) is 10.6. The highest BCUT2D eigenvalue weighted by molar-refractivity contribution is 7.20. The third kappa shape index (κ3) is 2.85. The molecule has 0 aliphatic heterocycles. The van der Waals surface area contributed by atoms with E-state index in [0.29, 0.717) is 11.4 Å². The Balaban J connectivity index is 1.74. The average Bonchev–Trinajstić information content (AvgIpc) is 3.20. The van der Waals surface area contributed by atoms with Crippen LogP contribution >= 0.6 is 11.3 Å². The summed E-state index contributed by atoms with van der Waals surface area (Å²) in [6.07, 6.45) is 1.44. The van der Waals surface area contributed by atoms with Crippen LogP contribution in [0.2, 0.25) is 0 Å². The van der Waals surface area contributed by atoms with Crippen molar-refractivity contribution in [1.82, 2.24) is 10.8 Å². The van der Waals surface area contributed by atoms with Crippen molar-refractivity contribution in [3.8, 4) is 0 Å². The van der Waals surface area contributed by atoms with Gasteiger partial charge in [-0.2, -0.15) is 0 Å². The van der Waals surface area contributed by atoms with Crippen molar-refractivity contribution < 1.29 is 19.2 Å². The number of nitrogens with one attached hydrogen (secondary N) is 2. The van der Waals surface area contributed by atoms with E-state index in [1.807, 2.05) is 18.2 Å². The maximum absolute atomic E-state index is 11.8. The van der Waals surface area contributed by atoms with Crippen LogP contribution in [0.15, 0.2) is 47.1 Å². The number of thiophene rings is 1. The van der Waals surface area contributed by atoms with E-state index in [9.17, 15) is 9.59 Å². The lowest BCUT2D eigenvalue weighted by atomic mass is 10.1. The molecule has 0 aliphatic carbocycles. The first kappa shape index (κ1) is 14.3. The van der Waals surface area contributed by atoms with Crippen molar-refractivity contribution in [2.45, 2.75) is 6.54 Å². The number of carbonyl (C=O) groups excluding carboxylic acids is 2. The molecule has 3 aromatic rings. The molecule has 0 bridgehead atoms. The van der Waals surface area contributed by atoms with Gasteiger partial charge in [0.05, 0.1) is 11.1 Å². The van der Waals surface area contributed by atoms with Crippen LogP contribution in [-0.2, 0) is 6.54 Å². The smallest absolute Gasteiger partial charge is 0.287 e. The Morgan fingerprint density at radius 3 is 2.77 bits per heavy atom. The van der Waals surface area contributed by atoms with Crippen LogP contribution < -0.4 is 10.8 Å². The molecule has 6 nitrogen and oxygen atoms in total. The Kier molecular flexibility index (Phi) is 3.90. The van der Waals surface area contributed by atoms with Crippen molar-refractivity contribution in [2.24, 2.45) is 0 Å². The monoisotopic (exact) mass is 316 g/mol. The number of rotatable bonds is 4. The standard InChI is InChI=1S/C15H12N2O4S/c18-14(11-2-1-5-21-11)16-8-9-3-4-10-7-13(15(19)17-20)22-12(10)6-9/h1-7,20H,8H2,(H,16,18)(H,17,19). The van der Waals surface area contributed by atoms with Gasteiger partial charge in [-0.05, 0) is 35.2 Å². The zero-order chi connectivity index (χ0) is 15.5. The zero-order valence-electron chi connectivity index (χ0n) is 11.3. The summed E-state index contributed by atoms with van der Waals surface area (Å²) in [5.74, 6) is -0.551. The van der Waals surface area contributed by atoms with Crippen molar-refractivity contribution >= 4 is 33.2 Å². The molecule has 3 N–H and O–H groups in total. The predicted octanol–water partition coefficient (Wildman–Crippen LogP) is 2.54. The zero-order valence-corrected chi connectivity index (χ0v) is 12.1. The van der Waals surface area contributed by atoms with Gasteiger partial charge in [0.2, 0.25) is 0 Å². The number of benzene rings is 1. The fourth-order valence-corrected chi connectivity index (χ4v) is 3.05. The number of hydrogen-bond acceptors (Lipinski definition) is 5. The third-order valence-electron chi connectivity index (χ3n) is 3.11. The molecule has 1 aromatic carbocycles. The summed E-state index contributed by atoms with van der Waals surface area (Å²) < 4.78 is 5.92. The first-order valence-electron chi connectivity index (χ1n) is 6.46. The molecule has 0 radical (unpaired) electrons. The first-order chi connectivity index (χ1) is 10.7. The minimum absolute atomic E-state index is 0.263. The lowest BCUT2D eigenvalue weighted by Gasteiger charge is -2.03. The van der Waals surface area contributed by atoms with Gasteiger partial charge in [-0.15, -0.1) is 11.3 Å². The largest absolute Gasteiger partial charge is 0.459 e. The van der Waals surface area contributed by atoms with E-state index in [4.69, 9.17) is 9.62 Å². The van der Waals surface area contributed by atoms with Gasteiger partial charge in [0.1, 0.15) is 0 Å². The molecule has 2 amide bonds. The topological polar surface area (TPSA) is 91.6 Å². The summed E-state index contributed by atoms with van der Waals surface area (Å²) in [4.78, 5) is 23.6. The van der Waals surface area contributed by atoms with Gasteiger partial charge >= 0.3 is 0 Å². The Hall–Kier alpha value is -2.64. The molecule has 2 heterocycles. The highest BCUT2D eigenvalue weighted by atomic mass is 32.1. The first-order valence-corrected chi connectivity index (χ1v) is 7.27.